The number of nitrogens with one attached hydrogen (secondary N) is 2. The van der Waals surface area contributed by atoms with Gasteiger partial charge in [-0.3, -0.25) is 14.4 Å². The maximum Gasteiger partial charge on any atom is 0.268 e. The quantitative estimate of drug-likeness (QED) is 0.339. The van der Waals surface area contributed by atoms with E-state index in [-0.39, 0.29) is 45.3 Å². The van der Waals surface area contributed by atoms with Gasteiger partial charge in [-0.1, -0.05) is 11.6 Å². The largest absolute Gasteiger partial charge is 0.618 e. The average molecular weight is 580 g/mol. The molecular weight excluding hydrogens is 549 g/mol. The van der Waals surface area contributed by atoms with Crippen LogP contribution in [0.5, 0.6) is 0 Å². The number of hydrogen-bond donors (Lipinski definition) is 2. The number of amides is 3. The number of anilines is 1. The monoisotopic (exact) mass is 579 g/mol. The van der Waals surface area contributed by atoms with Crippen molar-refractivity contribution >= 4 is 35.0 Å². The van der Waals surface area contributed by atoms with Crippen molar-refractivity contribution in [3.8, 4) is 11.1 Å². The molecule has 41 heavy (non-hydrogen) atoms. The number of pyridine rings is 1. The van der Waals surface area contributed by atoms with Crippen molar-refractivity contribution in [3.05, 3.63) is 75.7 Å². The van der Waals surface area contributed by atoms with E-state index < -0.39 is 17.8 Å². The van der Waals surface area contributed by atoms with Crippen LogP contribution in [-0.2, 0) is 22.7 Å². The summed E-state index contributed by atoms with van der Waals surface area (Å²) in [5.74, 6) is -0.253. The highest BCUT2D eigenvalue weighted by Gasteiger charge is 2.49. The highest BCUT2D eigenvalue weighted by atomic mass is 35.5. The highest BCUT2D eigenvalue weighted by molar-refractivity contribution is 6.33. The summed E-state index contributed by atoms with van der Waals surface area (Å²) in [6, 6.07) is 8.42. The Kier molecular flexibility index (Phi) is 6.97. The normalized spacial score (nSPS) is 21.6. The van der Waals surface area contributed by atoms with E-state index >= 15 is 4.39 Å². The van der Waals surface area contributed by atoms with Gasteiger partial charge in [-0.05, 0) is 67.3 Å². The van der Waals surface area contributed by atoms with Gasteiger partial charge in [-0.2, -0.15) is 4.73 Å². The molecule has 4 atom stereocenters. The minimum absolute atomic E-state index is 0.0134. The molecule has 3 heterocycles. The molecule has 1 unspecified atom stereocenters. The van der Waals surface area contributed by atoms with Crippen molar-refractivity contribution in [1.82, 2.24) is 14.8 Å². The smallest absolute Gasteiger partial charge is 0.268 e. The summed E-state index contributed by atoms with van der Waals surface area (Å²) < 4.78 is 17.8. The second-order valence-electron chi connectivity index (χ2n) is 11.4. The zero-order valence-corrected chi connectivity index (χ0v) is 23.6. The number of halogens is 2. The molecule has 2 saturated carbocycles. The van der Waals surface area contributed by atoms with E-state index in [4.69, 9.17) is 11.6 Å². The Morgan fingerprint density at radius 1 is 1.10 bits per heavy atom. The van der Waals surface area contributed by atoms with Crippen LogP contribution in [0.2, 0.25) is 5.02 Å². The van der Waals surface area contributed by atoms with E-state index in [1.807, 2.05) is 10.6 Å². The average Bonchev–Trinajstić information content (AvgIpc) is 3.33. The molecule has 0 saturated heterocycles. The van der Waals surface area contributed by atoms with Crippen LogP contribution in [0, 0.1) is 35.7 Å². The minimum atomic E-state index is -0.785. The Bertz CT molecular complexity index is 1560. The summed E-state index contributed by atoms with van der Waals surface area (Å²) in [7, 11) is 0. The third-order valence-electron chi connectivity index (χ3n) is 8.81. The van der Waals surface area contributed by atoms with E-state index in [0.717, 1.165) is 25.0 Å². The molecule has 6 rings (SSSR count). The van der Waals surface area contributed by atoms with Crippen LogP contribution in [0.15, 0.2) is 42.6 Å². The molecule has 1 aromatic carbocycles. The first-order valence-electron chi connectivity index (χ1n) is 13.8. The lowest BCUT2D eigenvalue weighted by atomic mass is 9.93. The van der Waals surface area contributed by atoms with Crippen molar-refractivity contribution in [2.45, 2.75) is 52.2 Å². The lowest BCUT2D eigenvalue weighted by Crippen LogP contribution is -2.49. The number of fused-ring (bicyclic) bond motifs is 2. The highest BCUT2D eigenvalue weighted by Crippen LogP contribution is 2.55. The fourth-order valence-corrected chi connectivity index (χ4v) is 6.77. The Morgan fingerprint density at radius 2 is 1.85 bits per heavy atom. The van der Waals surface area contributed by atoms with Gasteiger partial charge in [0, 0.05) is 49.9 Å². The van der Waals surface area contributed by atoms with Gasteiger partial charge in [-0.15, -0.1) is 0 Å². The van der Waals surface area contributed by atoms with Crippen molar-refractivity contribution in [2.75, 3.05) is 11.9 Å². The summed E-state index contributed by atoms with van der Waals surface area (Å²) in [6.07, 6.45) is 4.14. The minimum Gasteiger partial charge on any atom is -0.618 e. The van der Waals surface area contributed by atoms with E-state index in [1.165, 1.54) is 31.3 Å². The lowest BCUT2D eigenvalue weighted by Gasteiger charge is -2.29. The van der Waals surface area contributed by atoms with Crippen molar-refractivity contribution in [2.24, 2.45) is 17.8 Å². The summed E-state index contributed by atoms with van der Waals surface area (Å²) in [5, 5.41) is 18.1. The second kappa shape index (κ2) is 10.5. The fourth-order valence-electron chi connectivity index (χ4n) is 6.47. The third kappa shape index (κ3) is 5.16. The summed E-state index contributed by atoms with van der Waals surface area (Å²) in [5.41, 5.74) is 2.26. The van der Waals surface area contributed by atoms with Crippen LogP contribution in [0.4, 0.5) is 10.1 Å². The third-order valence-corrected chi connectivity index (χ3v) is 9.12. The van der Waals surface area contributed by atoms with Crippen LogP contribution in [0.1, 0.15) is 48.1 Å². The molecule has 2 N–H and O–H groups in total. The molecule has 2 aliphatic carbocycles. The van der Waals surface area contributed by atoms with Gasteiger partial charge in [0.1, 0.15) is 17.6 Å². The van der Waals surface area contributed by atoms with Crippen molar-refractivity contribution in [3.63, 3.8) is 0 Å². The van der Waals surface area contributed by atoms with E-state index in [2.05, 4.69) is 10.6 Å². The summed E-state index contributed by atoms with van der Waals surface area (Å²) >= 11 is 6.27. The van der Waals surface area contributed by atoms with Gasteiger partial charge < -0.3 is 25.3 Å². The zero-order chi connectivity index (χ0) is 29.0. The molecule has 3 amide bonds. The van der Waals surface area contributed by atoms with Crippen molar-refractivity contribution < 1.29 is 23.5 Å². The molecule has 0 spiro atoms. The standard InChI is InChI=1S/C30H31ClFN5O4/c1-16-27(24(31)7-8-37(16)41)23-5-3-21(14-25(23)32)33-30(40)28(20-12-18-11-19(18)13-20)34-29(39)26-6-4-22-15-35(17(2)38)9-10-36(22)26/h3-8,14,18-20,28H,9-13,15H2,1-2H3,(H,33,40)(H,34,39)/t18-,19+,20-,28?. The topological polar surface area (TPSA) is 110 Å². The van der Waals surface area contributed by atoms with E-state index in [1.54, 1.807) is 24.0 Å². The molecule has 11 heteroatoms. The Balaban J connectivity index is 1.21. The molecule has 0 radical (unpaired) electrons. The number of aromatic nitrogens is 2. The van der Waals surface area contributed by atoms with Gasteiger partial charge in [-0.25, -0.2) is 4.39 Å². The molecule has 2 fully saturated rings. The first kappa shape index (κ1) is 27.3. The Hall–Kier alpha value is -3.92. The second-order valence-corrected chi connectivity index (χ2v) is 11.8. The fraction of sp³-hybridized carbons (Fsp3) is 0.400. The SMILES string of the molecule is CC(=O)N1CCn2c(ccc2C(=O)NC(C(=O)Nc2ccc(-c3c(Cl)cc[n+]([O-])c3C)c(F)c2)[C@H]2C[C@@H]3C[C@@H]3C2)C1. The van der Waals surface area contributed by atoms with E-state index in [9.17, 15) is 19.6 Å². The number of carbonyl (C=O) groups is 3. The van der Waals surface area contributed by atoms with Gasteiger partial charge in [0.25, 0.3) is 5.91 Å². The van der Waals surface area contributed by atoms with E-state index in [0.29, 0.717) is 41.9 Å². The molecule has 9 nitrogen and oxygen atoms in total. The number of carbonyl (C=O) groups excluding carboxylic acids is 3. The predicted octanol–water partition coefficient (Wildman–Crippen LogP) is 4.03. The van der Waals surface area contributed by atoms with Crippen LogP contribution in [-0.4, -0.2) is 39.8 Å². The Labute approximate surface area is 241 Å². The first-order chi connectivity index (χ1) is 19.6. The number of benzene rings is 1. The maximum atomic E-state index is 15.3. The van der Waals surface area contributed by atoms with Crippen LogP contribution in [0.25, 0.3) is 11.1 Å². The first-order valence-corrected chi connectivity index (χ1v) is 14.2. The molecule has 3 aromatic rings. The number of nitrogens with zero attached hydrogens (tertiary/aromatic N) is 3. The molecule has 1 aliphatic heterocycles. The van der Waals surface area contributed by atoms with Gasteiger partial charge in [0.05, 0.1) is 17.1 Å². The number of hydrogen-bond acceptors (Lipinski definition) is 4. The Morgan fingerprint density at radius 3 is 2.56 bits per heavy atom. The molecule has 214 valence electrons. The molecule has 3 aliphatic rings. The molecule has 2 aromatic heterocycles. The summed E-state index contributed by atoms with van der Waals surface area (Å²) in [6.45, 7) is 4.53. The van der Waals surface area contributed by atoms with Crippen LogP contribution >= 0.6 is 11.6 Å². The maximum absolute atomic E-state index is 15.3. The number of rotatable bonds is 6. The molecular formula is C30H31ClFN5O4. The zero-order valence-electron chi connectivity index (χ0n) is 22.8. The molecule has 0 bridgehead atoms. The van der Waals surface area contributed by atoms with Gasteiger partial charge in [0.15, 0.2) is 11.9 Å². The lowest BCUT2D eigenvalue weighted by molar-refractivity contribution is -0.611. The van der Waals surface area contributed by atoms with Gasteiger partial charge >= 0.3 is 0 Å². The van der Waals surface area contributed by atoms with Crippen molar-refractivity contribution in [1.29, 1.82) is 0 Å². The van der Waals surface area contributed by atoms with Gasteiger partial charge in [0.2, 0.25) is 11.8 Å². The summed E-state index contributed by atoms with van der Waals surface area (Å²) in [4.78, 5) is 40.6. The van der Waals surface area contributed by atoms with Crippen LogP contribution < -0.4 is 15.4 Å². The van der Waals surface area contributed by atoms with Crippen LogP contribution in [0.3, 0.4) is 0 Å². The predicted molar refractivity (Wildman–Crippen MR) is 150 cm³/mol.